The number of fused-ring (bicyclic) bond motifs is 3. The number of hydrogen-bond acceptors (Lipinski definition) is 1. The van der Waals surface area contributed by atoms with Crippen molar-refractivity contribution in [3.05, 3.63) is 182 Å². The second kappa shape index (κ2) is 11.3. The van der Waals surface area contributed by atoms with Gasteiger partial charge in [-0.1, -0.05) is 145 Å². The van der Waals surface area contributed by atoms with E-state index in [2.05, 4.69) is 77.4 Å². The number of benzene rings is 8. The van der Waals surface area contributed by atoms with E-state index in [1.54, 1.807) is 0 Å². The van der Waals surface area contributed by atoms with Crippen molar-refractivity contribution >= 4 is 32.6 Å². The van der Waals surface area contributed by atoms with Crippen molar-refractivity contribution in [3.63, 3.8) is 0 Å². The van der Waals surface area contributed by atoms with Crippen LogP contribution in [0.25, 0.3) is 83.0 Å². The Morgan fingerprint density at radius 2 is 1.04 bits per heavy atom. The summed E-state index contributed by atoms with van der Waals surface area (Å²) in [6, 6.07) is 49.9. The maximum Gasteiger partial charge on any atom is 0.145 e. The number of rotatable bonds is 5. The molecule has 220 valence electrons. The van der Waals surface area contributed by atoms with E-state index in [1.165, 1.54) is 0 Å². The van der Waals surface area contributed by atoms with Gasteiger partial charge in [-0.3, -0.25) is 4.57 Å². The molecule has 0 saturated carbocycles. The summed E-state index contributed by atoms with van der Waals surface area (Å²) in [6.07, 6.45) is 0. The Labute approximate surface area is 280 Å². The molecule has 9 rings (SSSR count). The predicted molar refractivity (Wildman–Crippen MR) is 198 cm³/mol. The van der Waals surface area contributed by atoms with Crippen LogP contribution in [0.4, 0.5) is 0 Å². The van der Waals surface area contributed by atoms with Crippen molar-refractivity contribution in [2.45, 2.75) is 0 Å². The highest BCUT2D eigenvalue weighted by molar-refractivity contribution is 6.22. The third-order valence-electron chi connectivity index (χ3n) is 8.86. The van der Waals surface area contributed by atoms with Gasteiger partial charge in [-0.15, -0.1) is 0 Å². The van der Waals surface area contributed by atoms with E-state index >= 15 is 0 Å². The van der Waals surface area contributed by atoms with E-state index in [4.69, 9.17) is 11.8 Å². The van der Waals surface area contributed by atoms with Gasteiger partial charge in [-0.05, 0) is 91.3 Å². The van der Waals surface area contributed by atoms with Gasteiger partial charge in [0.2, 0.25) is 0 Å². The van der Waals surface area contributed by atoms with E-state index in [-0.39, 0.29) is 29.7 Å². The van der Waals surface area contributed by atoms with Crippen LogP contribution in [0.15, 0.2) is 182 Å². The molecule has 47 heavy (non-hydrogen) atoms. The smallest absolute Gasteiger partial charge is 0.145 e. The number of imidazole rings is 1. The monoisotopic (exact) mass is 603 g/mol. The van der Waals surface area contributed by atoms with E-state index in [1.807, 2.05) is 78.9 Å². The second-order valence-corrected chi connectivity index (χ2v) is 11.6. The number of nitrogens with zero attached hydrogens (tertiary/aromatic N) is 2. The lowest BCUT2D eigenvalue weighted by Crippen LogP contribution is -1.97. The first-order valence-corrected chi connectivity index (χ1v) is 15.7. The highest BCUT2D eigenvalue weighted by Gasteiger charge is 2.19. The molecule has 0 aliphatic carbocycles. The zero-order valence-corrected chi connectivity index (χ0v) is 25.3. The zero-order valence-electron chi connectivity index (χ0n) is 30.3. The van der Waals surface area contributed by atoms with E-state index in [0.717, 1.165) is 71.9 Å². The summed E-state index contributed by atoms with van der Waals surface area (Å²) < 4.78 is 44.6. The minimum atomic E-state index is -0.404. The Kier molecular flexibility index (Phi) is 5.35. The summed E-state index contributed by atoms with van der Waals surface area (Å²) in [5.74, 6) is 0.840. The van der Waals surface area contributed by atoms with Crippen molar-refractivity contribution in [2.75, 3.05) is 0 Å². The summed E-state index contributed by atoms with van der Waals surface area (Å²) in [5, 5.41) is 4.04. The van der Waals surface area contributed by atoms with Crippen LogP contribution in [0, 0.1) is 0 Å². The van der Waals surface area contributed by atoms with Crippen molar-refractivity contribution in [2.24, 2.45) is 0 Å². The van der Waals surface area contributed by atoms with Crippen LogP contribution in [0.3, 0.4) is 0 Å². The third-order valence-corrected chi connectivity index (χ3v) is 8.86. The quantitative estimate of drug-likeness (QED) is 0.179. The Morgan fingerprint density at radius 3 is 1.83 bits per heavy atom. The molecule has 0 N–H and O–H groups in total. The molecule has 0 amide bonds. The third kappa shape index (κ3) is 4.62. The van der Waals surface area contributed by atoms with Crippen molar-refractivity contribution in [1.82, 2.24) is 9.55 Å². The molecule has 0 unspecified atom stereocenters. The molecule has 2 nitrogen and oxygen atoms in total. The van der Waals surface area contributed by atoms with Gasteiger partial charge in [0.1, 0.15) is 5.82 Å². The summed E-state index contributed by atoms with van der Waals surface area (Å²) >= 11 is 0. The summed E-state index contributed by atoms with van der Waals surface area (Å²) in [5.41, 5.74) is 8.79. The molecule has 0 atom stereocenters. The first-order chi connectivity index (χ1) is 25.4. The van der Waals surface area contributed by atoms with Crippen LogP contribution < -0.4 is 0 Å². The fraction of sp³-hybridized carbons (Fsp3) is 0. The fourth-order valence-electron chi connectivity index (χ4n) is 6.83. The summed E-state index contributed by atoms with van der Waals surface area (Å²) in [4.78, 5) is 5.14. The Bertz CT molecular complexity index is 2820. The number of hydrogen-bond donors (Lipinski definition) is 0. The van der Waals surface area contributed by atoms with Crippen LogP contribution in [0.1, 0.15) is 6.85 Å². The average Bonchev–Trinajstić information content (AvgIpc) is 3.59. The molecule has 0 aliphatic rings. The highest BCUT2D eigenvalue weighted by Crippen LogP contribution is 2.45. The van der Waals surface area contributed by atoms with E-state index < -0.39 is 6.04 Å². The van der Waals surface area contributed by atoms with Crippen LogP contribution in [-0.4, -0.2) is 9.55 Å². The second-order valence-electron chi connectivity index (χ2n) is 11.6. The summed E-state index contributed by atoms with van der Waals surface area (Å²) in [7, 11) is 0. The Hall–Kier alpha value is -6.25. The van der Waals surface area contributed by atoms with Crippen LogP contribution in [0.2, 0.25) is 0 Å². The highest BCUT2D eigenvalue weighted by atomic mass is 15.1. The zero-order chi connectivity index (χ0) is 35.5. The average molecular weight is 604 g/mol. The van der Waals surface area contributed by atoms with Crippen molar-refractivity contribution < 1.29 is 6.85 Å². The fourth-order valence-corrected chi connectivity index (χ4v) is 6.83. The molecular formula is C45H30N2. The number of aromatic nitrogens is 2. The lowest BCUT2D eigenvalue weighted by Gasteiger charge is -2.19. The molecule has 0 fully saturated rings. The van der Waals surface area contributed by atoms with Gasteiger partial charge in [0.15, 0.2) is 0 Å². The SMILES string of the molecule is [2H]c1c([2H])c([2H])c(-c2ccc3c(-c4cccc(-c5nc6ccccc6n5-c5ccccc5)c4)c4ccccc4c(-c4ccccc4)c3c2)c([2H])c1[2H]. The first-order valence-electron chi connectivity index (χ1n) is 18.2. The van der Waals surface area contributed by atoms with Gasteiger partial charge in [0, 0.05) is 11.3 Å². The molecule has 1 aromatic heterocycles. The normalized spacial score (nSPS) is 12.9. The maximum atomic E-state index is 8.75. The van der Waals surface area contributed by atoms with Crippen molar-refractivity contribution in [3.8, 4) is 50.5 Å². The minimum absolute atomic E-state index is 0.184. The van der Waals surface area contributed by atoms with E-state index in [9.17, 15) is 0 Å². The molecule has 8 aromatic carbocycles. The van der Waals surface area contributed by atoms with Crippen LogP contribution in [-0.2, 0) is 0 Å². The predicted octanol–water partition coefficient (Wildman–Crippen LogP) is 12.0. The molecule has 0 saturated heterocycles. The standard InChI is InChI=1S/C45H30N2/c1-4-15-31(16-5-1)33-27-28-39-40(30-33)43(32-17-6-2-7-18-32)37-23-10-11-24-38(37)44(39)34-19-14-20-35(29-34)45-46-41-25-12-13-26-42(41)47(45)36-21-8-3-9-22-36/h1-30H/i1D,4D,5D,15D,16D. The lowest BCUT2D eigenvalue weighted by molar-refractivity contribution is 1.10. The molecule has 9 aromatic rings. The minimum Gasteiger partial charge on any atom is -0.292 e. The topological polar surface area (TPSA) is 17.8 Å². The molecule has 0 aliphatic heterocycles. The van der Waals surface area contributed by atoms with Gasteiger partial charge < -0.3 is 0 Å². The summed E-state index contributed by atoms with van der Waals surface area (Å²) in [6.45, 7) is 0. The molecular weight excluding hydrogens is 569 g/mol. The lowest BCUT2D eigenvalue weighted by atomic mass is 9.84. The largest absolute Gasteiger partial charge is 0.292 e. The molecule has 1 heterocycles. The first kappa shape index (κ1) is 22.3. The molecule has 0 radical (unpaired) electrons. The molecule has 2 heteroatoms. The maximum absolute atomic E-state index is 8.75. The number of para-hydroxylation sites is 3. The Balaban J connectivity index is 1.35. The van der Waals surface area contributed by atoms with Gasteiger partial charge in [0.05, 0.1) is 17.9 Å². The molecule has 0 spiro atoms. The van der Waals surface area contributed by atoms with Gasteiger partial charge in [-0.25, -0.2) is 4.98 Å². The van der Waals surface area contributed by atoms with Gasteiger partial charge in [-0.2, -0.15) is 0 Å². The Morgan fingerprint density at radius 1 is 0.426 bits per heavy atom. The van der Waals surface area contributed by atoms with Crippen molar-refractivity contribution in [1.29, 1.82) is 0 Å². The van der Waals surface area contributed by atoms with Crippen LogP contribution in [0.5, 0.6) is 0 Å². The molecule has 0 bridgehead atoms. The van der Waals surface area contributed by atoms with Gasteiger partial charge in [0.25, 0.3) is 0 Å². The van der Waals surface area contributed by atoms with E-state index in [0.29, 0.717) is 5.56 Å². The van der Waals surface area contributed by atoms with Gasteiger partial charge >= 0.3 is 0 Å². The van der Waals surface area contributed by atoms with Crippen LogP contribution >= 0.6 is 0 Å².